The van der Waals surface area contributed by atoms with E-state index in [4.69, 9.17) is 0 Å². The maximum atomic E-state index is 11.2. The maximum Gasteiger partial charge on any atom is 0.209 e. The molecule has 5 heteroatoms. The monoisotopic (exact) mass is 284 g/mol. The fourth-order valence-electron chi connectivity index (χ4n) is 1.97. The van der Waals surface area contributed by atoms with Gasteiger partial charge in [-0.15, -0.1) is 0 Å². The topological polar surface area (TPSA) is 58.2 Å². The van der Waals surface area contributed by atoms with Crippen LogP contribution >= 0.6 is 0 Å². The Balaban J connectivity index is 2.51. The van der Waals surface area contributed by atoms with E-state index in [9.17, 15) is 8.42 Å². The van der Waals surface area contributed by atoms with Crippen LogP contribution in [-0.2, 0) is 16.6 Å². The summed E-state index contributed by atoms with van der Waals surface area (Å²) in [4.78, 5) is 0. The molecule has 0 spiro atoms. The summed E-state index contributed by atoms with van der Waals surface area (Å²) in [6, 6.07) is 6.35. The largest absolute Gasteiger partial charge is 0.311 e. The fourth-order valence-corrected chi connectivity index (χ4v) is 3.05. The number of rotatable bonds is 6. The van der Waals surface area contributed by atoms with Gasteiger partial charge in [-0.2, -0.15) is 0 Å². The Kier molecular flexibility index (Phi) is 5.12. The molecule has 0 saturated carbocycles. The number of aryl methyl sites for hydroxylation is 2. The Morgan fingerprint density at radius 2 is 1.79 bits per heavy atom. The van der Waals surface area contributed by atoms with Crippen molar-refractivity contribution in [1.82, 2.24) is 10.0 Å². The van der Waals surface area contributed by atoms with Crippen molar-refractivity contribution < 1.29 is 8.42 Å². The number of sulfonamides is 1. The predicted molar refractivity (Wildman–Crippen MR) is 79.7 cm³/mol. The summed E-state index contributed by atoms with van der Waals surface area (Å²) in [6.45, 7) is 9.21. The average molecular weight is 284 g/mol. The highest BCUT2D eigenvalue weighted by atomic mass is 32.2. The lowest BCUT2D eigenvalue weighted by Crippen LogP contribution is -2.49. The molecule has 0 fully saturated rings. The molecule has 108 valence electrons. The van der Waals surface area contributed by atoms with Crippen LogP contribution in [0.2, 0.25) is 0 Å². The Labute approximate surface area is 116 Å². The van der Waals surface area contributed by atoms with Crippen LogP contribution in [0.4, 0.5) is 0 Å². The van der Waals surface area contributed by atoms with Crippen molar-refractivity contribution in [2.75, 3.05) is 12.8 Å². The van der Waals surface area contributed by atoms with Gasteiger partial charge < -0.3 is 5.32 Å². The summed E-state index contributed by atoms with van der Waals surface area (Å²) in [5.74, 6) is 0. The molecule has 0 aliphatic carbocycles. The van der Waals surface area contributed by atoms with Crippen molar-refractivity contribution in [3.63, 3.8) is 0 Å². The van der Waals surface area contributed by atoms with Gasteiger partial charge in [-0.1, -0.05) is 18.2 Å². The molecule has 0 atom stereocenters. The maximum absolute atomic E-state index is 11.2. The first kappa shape index (κ1) is 16.1. The molecule has 0 amide bonds. The normalized spacial score (nSPS) is 12.7. The van der Waals surface area contributed by atoms with E-state index in [-0.39, 0.29) is 0 Å². The van der Waals surface area contributed by atoms with Crippen LogP contribution in [0, 0.1) is 13.8 Å². The van der Waals surface area contributed by atoms with E-state index in [1.807, 2.05) is 13.8 Å². The molecule has 4 nitrogen and oxygen atoms in total. The van der Waals surface area contributed by atoms with Gasteiger partial charge in [0.1, 0.15) is 0 Å². The van der Waals surface area contributed by atoms with Crippen LogP contribution < -0.4 is 10.0 Å². The molecule has 0 saturated heterocycles. The van der Waals surface area contributed by atoms with Gasteiger partial charge in [-0.3, -0.25) is 0 Å². The van der Waals surface area contributed by atoms with Crippen LogP contribution in [-0.4, -0.2) is 26.8 Å². The third-order valence-electron chi connectivity index (χ3n) is 2.93. The van der Waals surface area contributed by atoms with E-state index in [1.165, 1.54) is 22.9 Å². The van der Waals surface area contributed by atoms with Crippen molar-refractivity contribution >= 4 is 10.0 Å². The van der Waals surface area contributed by atoms with Crippen LogP contribution in [0.5, 0.6) is 0 Å². The minimum atomic E-state index is -3.18. The molecule has 0 radical (unpaired) electrons. The molecule has 0 unspecified atom stereocenters. The van der Waals surface area contributed by atoms with Gasteiger partial charge in [0.05, 0.1) is 6.26 Å². The highest BCUT2D eigenvalue weighted by Crippen LogP contribution is 2.10. The number of nitrogens with one attached hydrogen (secondary N) is 2. The van der Waals surface area contributed by atoms with Gasteiger partial charge in [0.25, 0.3) is 0 Å². The molecule has 0 bridgehead atoms. The summed E-state index contributed by atoms with van der Waals surface area (Å²) in [5.41, 5.74) is 3.27. The van der Waals surface area contributed by atoms with Crippen molar-refractivity contribution in [3.8, 4) is 0 Å². The number of benzene rings is 1. The zero-order valence-corrected chi connectivity index (χ0v) is 13.2. The van der Waals surface area contributed by atoms with Crippen LogP contribution in [0.25, 0.3) is 0 Å². The molecule has 1 aromatic carbocycles. The van der Waals surface area contributed by atoms with Gasteiger partial charge in [0.15, 0.2) is 0 Å². The second-order valence-corrected chi connectivity index (χ2v) is 7.53. The SMILES string of the molecule is Cc1ccc(CNCC(C)(C)NS(C)(=O)=O)cc1C. The molecule has 1 aromatic rings. The Morgan fingerprint density at radius 1 is 1.16 bits per heavy atom. The first-order chi connectivity index (χ1) is 8.59. The highest BCUT2D eigenvalue weighted by molar-refractivity contribution is 7.88. The van der Waals surface area contributed by atoms with Crippen LogP contribution in [0.3, 0.4) is 0 Å². The third-order valence-corrected chi connectivity index (χ3v) is 3.85. The molecular weight excluding hydrogens is 260 g/mol. The quantitative estimate of drug-likeness (QED) is 0.836. The van der Waals surface area contributed by atoms with E-state index >= 15 is 0 Å². The Bertz CT molecular complexity index is 536. The van der Waals surface area contributed by atoms with E-state index in [0.717, 1.165) is 6.54 Å². The minimum absolute atomic E-state index is 0.493. The van der Waals surface area contributed by atoms with Gasteiger partial charge in [-0.05, 0) is 44.4 Å². The van der Waals surface area contributed by atoms with E-state index in [0.29, 0.717) is 6.54 Å². The van der Waals surface area contributed by atoms with Gasteiger partial charge in [0, 0.05) is 18.6 Å². The number of hydrogen-bond acceptors (Lipinski definition) is 3. The van der Waals surface area contributed by atoms with Crippen LogP contribution in [0.15, 0.2) is 18.2 Å². The minimum Gasteiger partial charge on any atom is -0.311 e. The summed E-state index contributed by atoms with van der Waals surface area (Å²) in [5, 5.41) is 3.28. The zero-order valence-electron chi connectivity index (χ0n) is 12.4. The molecule has 0 heterocycles. The summed E-state index contributed by atoms with van der Waals surface area (Å²) >= 11 is 0. The van der Waals surface area contributed by atoms with E-state index in [1.54, 1.807) is 0 Å². The second-order valence-electron chi connectivity index (χ2n) is 5.78. The second kappa shape index (κ2) is 6.03. The van der Waals surface area contributed by atoms with Crippen molar-refractivity contribution in [3.05, 3.63) is 34.9 Å². The summed E-state index contributed by atoms with van der Waals surface area (Å²) in [6.07, 6.45) is 1.18. The smallest absolute Gasteiger partial charge is 0.209 e. The summed E-state index contributed by atoms with van der Waals surface area (Å²) in [7, 11) is -3.18. The average Bonchev–Trinajstić information content (AvgIpc) is 2.19. The molecule has 0 aliphatic rings. The molecule has 1 rings (SSSR count). The lowest BCUT2D eigenvalue weighted by atomic mass is 10.1. The number of hydrogen-bond donors (Lipinski definition) is 2. The summed E-state index contributed by atoms with van der Waals surface area (Å²) < 4.78 is 25.1. The molecule has 0 aliphatic heterocycles. The Hall–Kier alpha value is -0.910. The molecule has 2 N–H and O–H groups in total. The fraction of sp³-hybridized carbons (Fsp3) is 0.571. The highest BCUT2D eigenvalue weighted by Gasteiger charge is 2.21. The van der Waals surface area contributed by atoms with Gasteiger partial charge in [-0.25, -0.2) is 13.1 Å². The predicted octanol–water partition coefficient (Wildman–Crippen LogP) is 1.72. The van der Waals surface area contributed by atoms with Crippen molar-refractivity contribution in [2.45, 2.75) is 39.8 Å². The molecular formula is C14H24N2O2S. The standard InChI is InChI=1S/C14H24N2O2S/c1-11-6-7-13(8-12(11)2)9-15-10-14(3,4)16-19(5,17)18/h6-8,15-16H,9-10H2,1-5H3. The first-order valence-corrected chi connectivity index (χ1v) is 8.24. The lowest BCUT2D eigenvalue weighted by Gasteiger charge is -2.25. The van der Waals surface area contributed by atoms with Gasteiger partial charge in [0.2, 0.25) is 10.0 Å². The van der Waals surface area contributed by atoms with Crippen molar-refractivity contribution in [1.29, 1.82) is 0 Å². The van der Waals surface area contributed by atoms with Crippen molar-refractivity contribution in [2.24, 2.45) is 0 Å². The molecule has 0 aromatic heterocycles. The van der Waals surface area contributed by atoms with E-state index in [2.05, 4.69) is 42.1 Å². The first-order valence-electron chi connectivity index (χ1n) is 6.35. The van der Waals surface area contributed by atoms with Crippen LogP contribution in [0.1, 0.15) is 30.5 Å². The third kappa shape index (κ3) is 6.18. The Morgan fingerprint density at radius 3 is 2.32 bits per heavy atom. The lowest BCUT2D eigenvalue weighted by molar-refractivity contribution is 0.421. The molecule has 19 heavy (non-hydrogen) atoms. The van der Waals surface area contributed by atoms with Gasteiger partial charge >= 0.3 is 0 Å². The van der Waals surface area contributed by atoms with E-state index < -0.39 is 15.6 Å². The zero-order chi connectivity index (χ0) is 14.7.